The summed E-state index contributed by atoms with van der Waals surface area (Å²) in [6, 6.07) is 5.85. The molecule has 1 unspecified atom stereocenters. The van der Waals surface area contributed by atoms with Crippen molar-refractivity contribution in [3.8, 4) is 0 Å². The third kappa shape index (κ3) is 5.64. The van der Waals surface area contributed by atoms with Crippen LogP contribution in [0, 0.1) is 15.2 Å². The maximum Gasteiger partial charge on any atom is 0.277 e. The highest BCUT2D eigenvalue weighted by Gasteiger charge is 2.23. The predicted molar refractivity (Wildman–Crippen MR) is 109 cm³/mol. The van der Waals surface area contributed by atoms with Gasteiger partial charge < -0.3 is 10.4 Å². The van der Waals surface area contributed by atoms with Gasteiger partial charge in [-0.05, 0) is 53.3 Å². The molecule has 0 spiro atoms. The van der Waals surface area contributed by atoms with Gasteiger partial charge >= 0.3 is 0 Å². The van der Waals surface area contributed by atoms with E-state index < -0.39 is 34.4 Å². The standard InChI is InChI=1S/C17H15Cl2F2IN2O3/c1-2-9(25)7-27-24-17(26)10-6-12(19)14(20)15(21)16(10)23-13-4-3-8(22)5-11(13)18/h3-6,9,23,25H,2,7H2,1H3,(H,24,26). The number of hydrogen-bond acceptors (Lipinski definition) is 4. The number of nitrogens with one attached hydrogen (secondary N) is 2. The van der Waals surface area contributed by atoms with Gasteiger partial charge in [-0.2, -0.15) is 0 Å². The first-order valence-corrected chi connectivity index (χ1v) is 9.57. The predicted octanol–water partition coefficient (Wildman–Crippen LogP) is 5.05. The number of halogens is 5. The highest BCUT2D eigenvalue weighted by molar-refractivity contribution is 14.1. The summed E-state index contributed by atoms with van der Waals surface area (Å²) in [6.07, 6.45) is -0.354. The number of anilines is 2. The molecule has 2 aromatic rings. The fourth-order valence-electron chi connectivity index (χ4n) is 2.00. The van der Waals surface area contributed by atoms with Crippen LogP contribution in [0.15, 0.2) is 24.3 Å². The first-order valence-electron chi connectivity index (χ1n) is 7.74. The molecule has 0 radical (unpaired) electrons. The van der Waals surface area contributed by atoms with Gasteiger partial charge in [0.05, 0.1) is 33.1 Å². The van der Waals surface area contributed by atoms with Crippen LogP contribution >= 0.6 is 45.8 Å². The van der Waals surface area contributed by atoms with Gasteiger partial charge in [-0.15, -0.1) is 0 Å². The van der Waals surface area contributed by atoms with Gasteiger partial charge in [0, 0.05) is 3.57 Å². The minimum Gasteiger partial charge on any atom is -0.391 e. The zero-order valence-corrected chi connectivity index (χ0v) is 17.6. The Morgan fingerprint density at radius 3 is 2.59 bits per heavy atom. The van der Waals surface area contributed by atoms with Crippen molar-refractivity contribution >= 4 is 63.1 Å². The quantitative estimate of drug-likeness (QED) is 0.266. The van der Waals surface area contributed by atoms with Crippen LogP contribution in [0.25, 0.3) is 0 Å². The van der Waals surface area contributed by atoms with E-state index in [1.54, 1.807) is 25.1 Å². The van der Waals surface area contributed by atoms with E-state index in [1.807, 2.05) is 22.6 Å². The molecule has 0 saturated heterocycles. The number of carbonyl (C=O) groups is 1. The van der Waals surface area contributed by atoms with Crippen molar-refractivity contribution in [3.05, 3.63) is 55.1 Å². The molecule has 10 heteroatoms. The molecule has 0 aliphatic rings. The van der Waals surface area contributed by atoms with E-state index in [9.17, 15) is 18.7 Å². The summed E-state index contributed by atoms with van der Waals surface area (Å²) in [7, 11) is 0. The van der Waals surface area contributed by atoms with E-state index in [-0.39, 0.29) is 22.9 Å². The van der Waals surface area contributed by atoms with Crippen molar-refractivity contribution in [2.45, 2.75) is 19.4 Å². The minimum absolute atomic E-state index is 0.161. The van der Waals surface area contributed by atoms with Crippen molar-refractivity contribution in [2.24, 2.45) is 0 Å². The molecule has 2 aromatic carbocycles. The molecular weight excluding hydrogens is 516 g/mol. The minimum atomic E-state index is -1.34. The summed E-state index contributed by atoms with van der Waals surface area (Å²) in [4.78, 5) is 17.2. The van der Waals surface area contributed by atoms with E-state index in [0.29, 0.717) is 6.42 Å². The van der Waals surface area contributed by atoms with E-state index in [4.69, 9.17) is 28.0 Å². The monoisotopic (exact) mass is 530 g/mol. The van der Waals surface area contributed by atoms with E-state index in [0.717, 1.165) is 9.64 Å². The van der Waals surface area contributed by atoms with Gasteiger partial charge in [-0.1, -0.05) is 30.1 Å². The SMILES string of the molecule is CCC(O)CONC(=O)c1cc(Cl)c(F)c(F)c1Nc1ccc(I)cc1Cl. The number of rotatable bonds is 7. The molecule has 0 heterocycles. The summed E-state index contributed by atoms with van der Waals surface area (Å²) >= 11 is 13.8. The number of hydrogen-bond donors (Lipinski definition) is 3. The lowest BCUT2D eigenvalue weighted by Crippen LogP contribution is -2.29. The molecule has 3 N–H and O–H groups in total. The van der Waals surface area contributed by atoms with E-state index >= 15 is 0 Å². The number of aliphatic hydroxyl groups excluding tert-OH is 1. The molecule has 1 atom stereocenters. The molecule has 0 aliphatic heterocycles. The summed E-state index contributed by atoms with van der Waals surface area (Å²) < 4.78 is 29.2. The fraction of sp³-hybridized carbons (Fsp3) is 0.235. The molecular formula is C17H15Cl2F2IN2O3. The molecule has 0 aromatic heterocycles. The largest absolute Gasteiger partial charge is 0.391 e. The Balaban J connectivity index is 2.34. The Morgan fingerprint density at radius 1 is 1.26 bits per heavy atom. The van der Waals surface area contributed by atoms with E-state index in [2.05, 4.69) is 10.8 Å². The van der Waals surface area contributed by atoms with Crippen molar-refractivity contribution in [1.82, 2.24) is 5.48 Å². The van der Waals surface area contributed by atoms with Crippen LogP contribution in [0.2, 0.25) is 10.0 Å². The molecule has 0 saturated carbocycles. The Labute approximate surface area is 178 Å². The maximum atomic E-state index is 14.5. The molecule has 5 nitrogen and oxygen atoms in total. The average molecular weight is 531 g/mol. The Bertz CT molecular complexity index is 855. The van der Waals surface area contributed by atoms with Crippen molar-refractivity contribution in [2.75, 3.05) is 11.9 Å². The number of amides is 1. The van der Waals surface area contributed by atoms with Gasteiger partial charge in [0.15, 0.2) is 11.6 Å². The van der Waals surface area contributed by atoms with Gasteiger partial charge in [-0.3, -0.25) is 9.63 Å². The van der Waals surface area contributed by atoms with Gasteiger partial charge in [0.25, 0.3) is 5.91 Å². The van der Waals surface area contributed by atoms with E-state index in [1.165, 1.54) is 0 Å². The molecule has 0 aliphatic carbocycles. The summed E-state index contributed by atoms with van der Waals surface area (Å²) in [6.45, 7) is 1.57. The third-order valence-corrected chi connectivity index (χ3v) is 4.77. The highest BCUT2D eigenvalue weighted by atomic mass is 127. The van der Waals surface area contributed by atoms with Crippen molar-refractivity contribution in [1.29, 1.82) is 0 Å². The third-order valence-electron chi connectivity index (χ3n) is 3.51. The topological polar surface area (TPSA) is 70.6 Å². The number of hydroxylamine groups is 1. The Kier molecular flexibility index (Phi) is 8.04. The lowest BCUT2D eigenvalue weighted by atomic mass is 10.1. The number of aliphatic hydroxyl groups is 1. The second kappa shape index (κ2) is 9.83. The average Bonchev–Trinajstić information content (AvgIpc) is 2.63. The summed E-state index contributed by atoms with van der Waals surface area (Å²) in [5, 5.41) is 11.7. The summed E-state index contributed by atoms with van der Waals surface area (Å²) in [5.74, 6) is -3.52. The van der Waals surface area contributed by atoms with Crippen LogP contribution in [0.3, 0.4) is 0 Å². The first kappa shape index (κ1) is 22.1. The second-order valence-electron chi connectivity index (χ2n) is 5.46. The van der Waals surface area contributed by atoms with Gasteiger partial charge in [0.1, 0.15) is 6.61 Å². The van der Waals surface area contributed by atoms with Crippen LogP contribution < -0.4 is 10.8 Å². The maximum absolute atomic E-state index is 14.5. The number of carbonyl (C=O) groups excluding carboxylic acids is 1. The smallest absolute Gasteiger partial charge is 0.277 e. The zero-order valence-electron chi connectivity index (χ0n) is 14.0. The molecule has 27 heavy (non-hydrogen) atoms. The lowest BCUT2D eigenvalue weighted by Gasteiger charge is -2.16. The molecule has 2 rings (SSSR count). The lowest BCUT2D eigenvalue weighted by molar-refractivity contribution is -0.0133. The fourth-order valence-corrected chi connectivity index (χ4v) is 3.09. The van der Waals surface area contributed by atoms with Gasteiger partial charge in [-0.25, -0.2) is 14.3 Å². The normalized spacial score (nSPS) is 12.0. The zero-order chi connectivity index (χ0) is 20.1. The molecule has 1 amide bonds. The Hall–Kier alpha value is -1.20. The number of benzene rings is 2. The molecule has 146 valence electrons. The Morgan fingerprint density at radius 2 is 1.96 bits per heavy atom. The van der Waals surface area contributed by atoms with Crippen LogP contribution in [0.5, 0.6) is 0 Å². The van der Waals surface area contributed by atoms with Gasteiger partial charge in [0.2, 0.25) is 0 Å². The van der Waals surface area contributed by atoms with Crippen LogP contribution in [-0.2, 0) is 4.84 Å². The molecule has 0 bridgehead atoms. The van der Waals surface area contributed by atoms with Crippen LogP contribution in [-0.4, -0.2) is 23.7 Å². The molecule has 0 fully saturated rings. The van der Waals surface area contributed by atoms with Crippen molar-refractivity contribution < 1.29 is 23.5 Å². The van der Waals surface area contributed by atoms with Crippen LogP contribution in [0.1, 0.15) is 23.7 Å². The summed E-state index contributed by atoms with van der Waals surface area (Å²) in [5.41, 5.74) is 1.60. The van der Waals surface area contributed by atoms with Crippen molar-refractivity contribution in [3.63, 3.8) is 0 Å². The highest BCUT2D eigenvalue weighted by Crippen LogP contribution is 2.33. The second-order valence-corrected chi connectivity index (χ2v) is 7.52. The first-order chi connectivity index (χ1) is 12.7. The van der Waals surface area contributed by atoms with Crippen LogP contribution in [0.4, 0.5) is 20.2 Å².